The Labute approximate surface area is 129 Å². The maximum absolute atomic E-state index is 11.7. The average molecular weight is 393 g/mol. The molecule has 1 fully saturated rings. The molecule has 3 nitrogen and oxygen atoms in total. The van der Waals surface area contributed by atoms with E-state index >= 15 is 0 Å². The molecule has 0 amide bonds. The fourth-order valence-electron chi connectivity index (χ4n) is 2.88. The highest BCUT2D eigenvalue weighted by Gasteiger charge is 2.32. The van der Waals surface area contributed by atoms with E-state index in [1.165, 1.54) is 9.83 Å². The number of hydrogen-bond donors (Lipinski definition) is 1. The highest BCUT2D eigenvalue weighted by molar-refractivity contribution is 14.1. The van der Waals surface area contributed by atoms with Crippen molar-refractivity contribution in [2.24, 2.45) is 11.7 Å². The molecule has 0 bridgehead atoms. The van der Waals surface area contributed by atoms with Crippen LogP contribution >= 0.6 is 22.6 Å². The van der Waals surface area contributed by atoms with Crippen LogP contribution in [0.2, 0.25) is 0 Å². The quantitative estimate of drug-likeness (QED) is 0.804. The zero-order chi connectivity index (χ0) is 14.0. The topological polar surface area (TPSA) is 60.2 Å². The van der Waals surface area contributed by atoms with Gasteiger partial charge in [0, 0.05) is 15.9 Å². The number of benzene rings is 1. The van der Waals surface area contributed by atoms with Crippen LogP contribution in [0.25, 0.3) is 0 Å². The van der Waals surface area contributed by atoms with Gasteiger partial charge in [-0.3, -0.25) is 0 Å². The Morgan fingerprint density at radius 2 is 2.11 bits per heavy atom. The van der Waals surface area contributed by atoms with Crippen LogP contribution in [-0.4, -0.2) is 19.9 Å². The van der Waals surface area contributed by atoms with Crippen LogP contribution in [0.3, 0.4) is 0 Å². The molecule has 1 aliphatic carbocycles. The van der Waals surface area contributed by atoms with Crippen LogP contribution in [0.1, 0.15) is 37.3 Å². The molecule has 0 saturated heterocycles. The van der Waals surface area contributed by atoms with Crippen LogP contribution < -0.4 is 5.73 Å². The van der Waals surface area contributed by atoms with Gasteiger partial charge >= 0.3 is 0 Å². The molecular formula is C14H20INO2S. The van der Waals surface area contributed by atoms with Crippen LogP contribution in [0, 0.1) is 9.49 Å². The molecule has 0 radical (unpaired) electrons. The van der Waals surface area contributed by atoms with E-state index in [1.807, 2.05) is 18.2 Å². The van der Waals surface area contributed by atoms with Gasteiger partial charge in [-0.05, 0) is 65.5 Å². The van der Waals surface area contributed by atoms with Gasteiger partial charge in [0.25, 0.3) is 0 Å². The van der Waals surface area contributed by atoms with Crippen LogP contribution in [0.4, 0.5) is 0 Å². The van der Waals surface area contributed by atoms with Gasteiger partial charge in [-0.2, -0.15) is 0 Å². The van der Waals surface area contributed by atoms with Crippen molar-refractivity contribution in [1.82, 2.24) is 0 Å². The Balaban J connectivity index is 2.13. The molecule has 2 rings (SSSR count). The first-order chi connectivity index (χ1) is 8.88. The SMILES string of the molecule is CS(=O)(=O)C1CCCC(C(N)c2cccc(I)c2)C1. The molecule has 3 unspecified atom stereocenters. The molecule has 19 heavy (non-hydrogen) atoms. The van der Waals surface area contributed by atoms with Gasteiger partial charge in [0.2, 0.25) is 0 Å². The Morgan fingerprint density at radius 1 is 1.37 bits per heavy atom. The van der Waals surface area contributed by atoms with E-state index in [9.17, 15) is 8.42 Å². The van der Waals surface area contributed by atoms with E-state index < -0.39 is 9.84 Å². The van der Waals surface area contributed by atoms with E-state index in [4.69, 9.17) is 5.73 Å². The number of hydrogen-bond acceptors (Lipinski definition) is 3. The molecule has 2 N–H and O–H groups in total. The predicted molar refractivity (Wildman–Crippen MR) is 86.7 cm³/mol. The van der Waals surface area contributed by atoms with E-state index in [-0.39, 0.29) is 17.2 Å². The summed E-state index contributed by atoms with van der Waals surface area (Å²) < 4.78 is 24.6. The van der Waals surface area contributed by atoms with E-state index in [0.717, 1.165) is 24.8 Å². The van der Waals surface area contributed by atoms with Gasteiger partial charge in [0.15, 0.2) is 0 Å². The summed E-state index contributed by atoms with van der Waals surface area (Å²) in [5.74, 6) is 0.270. The summed E-state index contributed by atoms with van der Waals surface area (Å²) in [5, 5.41) is -0.208. The number of halogens is 1. The molecule has 0 aliphatic heterocycles. The van der Waals surface area contributed by atoms with Gasteiger partial charge in [-0.1, -0.05) is 18.6 Å². The predicted octanol–water partition coefficient (Wildman–Crippen LogP) is 2.89. The minimum Gasteiger partial charge on any atom is -0.324 e. The van der Waals surface area contributed by atoms with E-state index in [2.05, 4.69) is 28.7 Å². The third-order valence-corrected chi connectivity index (χ3v) is 6.32. The highest BCUT2D eigenvalue weighted by atomic mass is 127. The fourth-order valence-corrected chi connectivity index (χ4v) is 4.64. The first-order valence-corrected chi connectivity index (χ1v) is 9.61. The molecule has 0 spiro atoms. The lowest BCUT2D eigenvalue weighted by Crippen LogP contribution is -2.33. The lowest BCUT2D eigenvalue weighted by atomic mass is 9.81. The minimum absolute atomic E-state index is 0.0562. The summed E-state index contributed by atoms with van der Waals surface area (Å²) in [7, 11) is -2.94. The molecule has 0 aromatic heterocycles. The van der Waals surface area contributed by atoms with E-state index in [0.29, 0.717) is 6.42 Å². The third-order valence-electron chi connectivity index (χ3n) is 4.01. The number of rotatable bonds is 3. The molecule has 1 aromatic rings. The normalized spacial score (nSPS) is 26.1. The number of nitrogens with two attached hydrogens (primary N) is 1. The highest BCUT2D eigenvalue weighted by Crippen LogP contribution is 2.35. The lowest BCUT2D eigenvalue weighted by Gasteiger charge is -2.32. The Kier molecular flexibility index (Phi) is 4.89. The van der Waals surface area contributed by atoms with Crippen molar-refractivity contribution in [3.63, 3.8) is 0 Å². The van der Waals surface area contributed by atoms with Gasteiger partial charge in [0.1, 0.15) is 9.84 Å². The first-order valence-electron chi connectivity index (χ1n) is 6.58. The third kappa shape index (κ3) is 3.92. The van der Waals surface area contributed by atoms with Crippen molar-refractivity contribution in [3.8, 4) is 0 Å². The molecular weight excluding hydrogens is 373 g/mol. The van der Waals surface area contributed by atoms with Crippen molar-refractivity contribution < 1.29 is 8.42 Å². The zero-order valence-corrected chi connectivity index (χ0v) is 14.0. The maximum Gasteiger partial charge on any atom is 0.150 e. The molecule has 106 valence electrons. The maximum atomic E-state index is 11.7. The molecule has 3 atom stereocenters. The second-order valence-electron chi connectivity index (χ2n) is 5.46. The Bertz CT molecular complexity index is 544. The van der Waals surface area contributed by atoms with Crippen molar-refractivity contribution in [3.05, 3.63) is 33.4 Å². The minimum atomic E-state index is -2.94. The summed E-state index contributed by atoms with van der Waals surface area (Å²) >= 11 is 2.28. The van der Waals surface area contributed by atoms with Gasteiger partial charge in [-0.15, -0.1) is 0 Å². The Morgan fingerprint density at radius 3 is 2.74 bits per heavy atom. The monoisotopic (exact) mass is 393 g/mol. The van der Waals surface area contributed by atoms with Crippen molar-refractivity contribution >= 4 is 32.4 Å². The Hall–Kier alpha value is -0.140. The average Bonchev–Trinajstić information content (AvgIpc) is 2.37. The molecule has 1 aromatic carbocycles. The standard InChI is InChI=1S/C14H20INO2S/c1-19(17,18)13-7-3-5-11(9-13)14(16)10-4-2-6-12(15)8-10/h2,4,6,8,11,13-14H,3,5,7,9,16H2,1H3. The molecule has 5 heteroatoms. The summed E-state index contributed by atoms with van der Waals surface area (Å²) in [5.41, 5.74) is 7.46. The van der Waals surface area contributed by atoms with Gasteiger partial charge in [-0.25, -0.2) is 8.42 Å². The van der Waals surface area contributed by atoms with Gasteiger partial charge in [0.05, 0.1) is 5.25 Å². The van der Waals surface area contributed by atoms with Gasteiger partial charge < -0.3 is 5.73 Å². The van der Waals surface area contributed by atoms with Crippen LogP contribution in [0.5, 0.6) is 0 Å². The van der Waals surface area contributed by atoms with Crippen LogP contribution in [-0.2, 0) is 9.84 Å². The molecule has 0 heterocycles. The number of sulfone groups is 1. The first kappa shape index (κ1) is 15.3. The van der Waals surface area contributed by atoms with Crippen molar-refractivity contribution in [2.75, 3.05) is 6.26 Å². The second-order valence-corrected chi connectivity index (χ2v) is 9.03. The second kappa shape index (κ2) is 6.10. The smallest absolute Gasteiger partial charge is 0.150 e. The fraction of sp³-hybridized carbons (Fsp3) is 0.571. The summed E-state index contributed by atoms with van der Waals surface area (Å²) in [6, 6.07) is 8.12. The van der Waals surface area contributed by atoms with Crippen LogP contribution in [0.15, 0.2) is 24.3 Å². The largest absolute Gasteiger partial charge is 0.324 e. The van der Waals surface area contributed by atoms with Crippen molar-refractivity contribution in [1.29, 1.82) is 0 Å². The summed E-state index contributed by atoms with van der Waals surface area (Å²) in [6.45, 7) is 0. The molecule has 1 aliphatic rings. The van der Waals surface area contributed by atoms with E-state index in [1.54, 1.807) is 0 Å². The summed E-state index contributed by atoms with van der Waals surface area (Å²) in [6.07, 6.45) is 4.82. The lowest BCUT2D eigenvalue weighted by molar-refractivity contribution is 0.309. The van der Waals surface area contributed by atoms with Crippen molar-refractivity contribution in [2.45, 2.75) is 37.0 Å². The summed E-state index contributed by atoms with van der Waals surface area (Å²) in [4.78, 5) is 0. The zero-order valence-electron chi connectivity index (χ0n) is 11.0. The molecule has 1 saturated carbocycles.